The van der Waals surface area contributed by atoms with E-state index in [0.717, 1.165) is 25.0 Å². The fourth-order valence-corrected chi connectivity index (χ4v) is 3.70. The van der Waals surface area contributed by atoms with Crippen LogP contribution in [0.1, 0.15) is 59.3 Å². The molecule has 0 bridgehead atoms. The van der Waals surface area contributed by atoms with Crippen LogP contribution in [0.3, 0.4) is 0 Å². The summed E-state index contributed by atoms with van der Waals surface area (Å²) in [4.78, 5) is 7.31. The fourth-order valence-electron chi connectivity index (χ4n) is 3.70. The minimum atomic E-state index is 0.528. The van der Waals surface area contributed by atoms with Crippen LogP contribution in [0, 0.1) is 11.3 Å². The Morgan fingerprint density at radius 3 is 2.59 bits per heavy atom. The number of aliphatic imine (C=N–C) groups is 1. The first kappa shape index (κ1) is 17.6. The molecule has 2 aliphatic rings. The van der Waals surface area contributed by atoms with Crippen LogP contribution in [0.15, 0.2) is 4.99 Å². The van der Waals surface area contributed by atoms with Gasteiger partial charge in [0.2, 0.25) is 0 Å². The Morgan fingerprint density at radius 1 is 1.23 bits per heavy atom. The van der Waals surface area contributed by atoms with Gasteiger partial charge in [0, 0.05) is 25.7 Å². The molecule has 0 aromatic heterocycles. The third kappa shape index (κ3) is 5.79. The SMILES string of the molecule is CCNC(=NCC1CCCN(C)C1)NC1CCC(C)(C)CC1. The first-order valence-electron chi connectivity index (χ1n) is 9.22. The highest BCUT2D eigenvalue weighted by Crippen LogP contribution is 2.34. The lowest BCUT2D eigenvalue weighted by Crippen LogP contribution is -2.46. The molecule has 128 valence electrons. The summed E-state index contributed by atoms with van der Waals surface area (Å²) in [6.45, 7) is 11.3. The molecule has 4 nitrogen and oxygen atoms in total. The highest BCUT2D eigenvalue weighted by Gasteiger charge is 2.27. The summed E-state index contributed by atoms with van der Waals surface area (Å²) in [5, 5.41) is 7.10. The molecule has 1 saturated heterocycles. The number of nitrogens with one attached hydrogen (secondary N) is 2. The van der Waals surface area contributed by atoms with E-state index in [0.29, 0.717) is 11.5 Å². The molecule has 4 heteroatoms. The van der Waals surface area contributed by atoms with Crippen molar-refractivity contribution in [2.75, 3.05) is 33.2 Å². The Bertz CT molecular complexity index is 354. The maximum Gasteiger partial charge on any atom is 0.191 e. The van der Waals surface area contributed by atoms with Crippen LogP contribution >= 0.6 is 0 Å². The number of likely N-dealkylation sites (tertiary alicyclic amines) is 1. The predicted octanol–water partition coefficient (Wildman–Crippen LogP) is 2.85. The molecule has 1 aliphatic heterocycles. The van der Waals surface area contributed by atoms with Crippen LogP contribution in [0.5, 0.6) is 0 Å². The largest absolute Gasteiger partial charge is 0.357 e. The van der Waals surface area contributed by atoms with E-state index in [9.17, 15) is 0 Å². The first-order chi connectivity index (χ1) is 10.5. The minimum absolute atomic E-state index is 0.528. The van der Waals surface area contributed by atoms with E-state index in [-0.39, 0.29) is 0 Å². The third-order valence-electron chi connectivity index (χ3n) is 5.25. The molecule has 0 spiro atoms. The second-order valence-electron chi connectivity index (χ2n) is 8.07. The Kier molecular flexibility index (Phi) is 6.54. The molecule has 0 radical (unpaired) electrons. The lowest BCUT2D eigenvalue weighted by Gasteiger charge is -2.35. The van der Waals surface area contributed by atoms with Crippen molar-refractivity contribution in [3.05, 3.63) is 0 Å². The highest BCUT2D eigenvalue weighted by molar-refractivity contribution is 5.80. The predicted molar refractivity (Wildman–Crippen MR) is 95.4 cm³/mol. The second-order valence-corrected chi connectivity index (χ2v) is 8.07. The minimum Gasteiger partial charge on any atom is -0.357 e. The summed E-state index contributed by atoms with van der Waals surface area (Å²) >= 11 is 0. The van der Waals surface area contributed by atoms with Gasteiger partial charge in [-0.05, 0) is 70.4 Å². The zero-order valence-corrected chi connectivity index (χ0v) is 15.1. The third-order valence-corrected chi connectivity index (χ3v) is 5.25. The molecule has 2 rings (SSSR count). The standard InChI is InChI=1S/C18H36N4/c1-5-19-17(20-13-15-7-6-12-22(4)14-15)21-16-8-10-18(2,3)11-9-16/h15-16H,5-14H2,1-4H3,(H2,19,20,21). The van der Waals surface area contributed by atoms with Crippen LogP contribution in [-0.4, -0.2) is 50.1 Å². The number of rotatable bonds is 4. The van der Waals surface area contributed by atoms with Crippen molar-refractivity contribution >= 4 is 5.96 Å². The average Bonchev–Trinajstić information content (AvgIpc) is 2.47. The van der Waals surface area contributed by atoms with Gasteiger partial charge >= 0.3 is 0 Å². The number of hydrogen-bond donors (Lipinski definition) is 2. The van der Waals surface area contributed by atoms with Gasteiger partial charge in [0.25, 0.3) is 0 Å². The number of piperidine rings is 1. The highest BCUT2D eigenvalue weighted by atomic mass is 15.2. The Hall–Kier alpha value is -0.770. The molecule has 1 heterocycles. The fraction of sp³-hybridized carbons (Fsp3) is 0.944. The van der Waals surface area contributed by atoms with E-state index >= 15 is 0 Å². The molecule has 1 atom stereocenters. The van der Waals surface area contributed by atoms with E-state index in [2.05, 4.69) is 43.4 Å². The molecule has 2 N–H and O–H groups in total. The molecular weight excluding hydrogens is 272 g/mol. The maximum atomic E-state index is 4.87. The van der Waals surface area contributed by atoms with Crippen molar-refractivity contribution in [1.82, 2.24) is 15.5 Å². The van der Waals surface area contributed by atoms with Crippen LogP contribution in [0.2, 0.25) is 0 Å². The summed E-state index contributed by atoms with van der Waals surface area (Å²) in [6.07, 6.45) is 7.81. The topological polar surface area (TPSA) is 39.7 Å². The van der Waals surface area contributed by atoms with Crippen LogP contribution in [0.4, 0.5) is 0 Å². The monoisotopic (exact) mass is 308 g/mol. The van der Waals surface area contributed by atoms with Gasteiger partial charge in [-0.25, -0.2) is 0 Å². The normalized spacial score (nSPS) is 27.6. The molecule has 1 unspecified atom stereocenters. The molecule has 1 saturated carbocycles. The number of nitrogens with zero attached hydrogens (tertiary/aromatic N) is 2. The van der Waals surface area contributed by atoms with Crippen molar-refractivity contribution in [2.45, 2.75) is 65.3 Å². The summed E-state index contributed by atoms with van der Waals surface area (Å²) < 4.78 is 0. The molecule has 1 aliphatic carbocycles. The van der Waals surface area contributed by atoms with E-state index in [1.54, 1.807) is 0 Å². The molecular formula is C18H36N4. The van der Waals surface area contributed by atoms with Gasteiger partial charge in [-0.15, -0.1) is 0 Å². The lowest BCUT2D eigenvalue weighted by atomic mass is 9.75. The van der Waals surface area contributed by atoms with Crippen molar-refractivity contribution in [2.24, 2.45) is 16.3 Å². The van der Waals surface area contributed by atoms with Gasteiger partial charge < -0.3 is 15.5 Å². The second kappa shape index (κ2) is 8.19. The molecule has 0 aromatic rings. The maximum absolute atomic E-state index is 4.87. The molecule has 0 aromatic carbocycles. The van der Waals surface area contributed by atoms with Gasteiger partial charge in [-0.2, -0.15) is 0 Å². The Labute approximate surface area is 137 Å². The molecule has 22 heavy (non-hydrogen) atoms. The van der Waals surface area contributed by atoms with Crippen LogP contribution in [-0.2, 0) is 0 Å². The Morgan fingerprint density at radius 2 is 1.95 bits per heavy atom. The van der Waals surface area contributed by atoms with E-state index in [4.69, 9.17) is 4.99 Å². The van der Waals surface area contributed by atoms with E-state index in [1.165, 1.54) is 51.6 Å². The van der Waals surface area contributed by atoms with Gasteiger partial charge in [-0.3, -0.25) is 4.99 Å². The summed E-state index contributed by atoms with van der Waals surface area (Å²) in [7, 11) is 2.23. The summed E-state index contributed by atoms with van der Waals surface area (Å²) in [5.41, 5.74) is 0.528. The summed E-state index contributed by atoms with van der Waals surface area (Å²) in [5.74, 6) is 1.75. The van der Waals surface area contributed by atoms with Crippen molar-refractivity contribution in [3.63, 3.8) is 0 Å². The van der Waals surface area contributed by atoms with Gasteiger partial charge in [0.05, 0.1) is 0 Å². The lowest BCUT2D eigenvalue weighted by molar-refractivity contribution is 0.212. The first-order valence-corrected chi connectivity index (χ1v) is 9.22. The van der Waals surface area contributed by atoms with Crippen LogP contribution < -0.4 is 10.6 Å². The van der Waals surface area contributed by atoms with Crippen molar-refractivity contribution < 1.29 is 0 Å². The van der Waals surface area contributed by atoms with Gasteiger partial charge in [-0.1, -0.05) is 13.8 Å². The van der Waals surface area contributed by atoms with Gasteiger partial charge in [0.1, 0.15) is 0 Å². The zero-order valence-electron chi connectivity index (χ0n) is 15.1. The number of hydrogen-bond acceptors (Lipinski definition) is 2. The molecule has 0 amide bonds. The van der Waals surface area contributed by atoms with E-state index < -0.39 is 0 Å². The average molecular weight is 309 g/mol. The van der Waals surface area contributed by atoms with Gasteiger partial charge in [0.15, 0.2) is 5.96 Å². The van der Waals surface area contributed by atoms with Crippen LogP contribution in [0.25, 0.3) is 0 Å². The Balaban J connectivity index is 1.82. The number of guanidine groups is 1. The summed E-state index contributed by atoms with van der Waals surface area (Å²) in [6, 6.07) is 0.597. The van der Waals surface area contributed by atoms with Crippen molar-refractivity contribution in [3.8, 4) is 0 Å². The zero-order chi connectivity index (χ0) is 16.0. The smallest absolute Gasteiger partial charge is 0.191 e. The molecule has 2 fully saturated rings. The van der Waals surface area contributed by atoms with Crippen molar-refractivity contribution in [1.29, 1.82) is 0 Å². The quantitative estimate of drug-likeness (QED) is 0.620. The van der Waals surface area contributed by atoms with E-state index in [1.807, 2.05) is 0 Å².